The Kier molecular flexibility index (Phi) is 3.96. The summed E-state index contributed by atoms with van der Waals surface area (Å²) in [6.45, 7) is 11.1. The van der Waals surface area contributed by atoms with Crippen LogP contribution in [0.5, 0.6) is 0 Å². The van der Waals surface area contributed by atoms with Gasteiger partial charge in [-0.25, -0.2) is 0 Å². The van der Waals surface area contributed by atoms with Crippen molar-refractivity contribution >= 4 is 0 Å². The summed E-state index contributed by atoms with van der Waals surface area (Å²) in [6, 6.07) is 0. The third-order valence-corrected chi connectivity index (χ3v) is 3.03. The second-order valence-electron chi connectivity index (χ2n) is 5.72. The Balaban J connectivity index is 2.14. The van der Waals surface area contributed by atoms with Gasteiger partial charge in [0.1, 0.15) is 0 Å². The lowest BCUT2D eigenvalue weighted by Crippen LogP contribution is -2.37. The van der Waals surface area contributed by atoms with Crippen LogP contribution in [0.3, 0.4) is 0 Å². The molecule has 0 aromatic rings. The van der Waals surface area contributed by atoms with Gasteiger partial charge in [0.05, 0.1) is 0 Å². The molecular weight excluding hydrogens is 174 g/mol. The van der Waals surface area contributed by atoms with E-state index in [0.717, 1.165) is 24.4 Å². The average molecular weight is 199 g/mol. The minimum Gasteiger partial charge on any atom is -0.384 e. The summed E-state index contributed by atoms with van der Waals surface area (Å²) in [4.78, 5) is 0. The Hall–Kier alpha value is -0.0800. The van der Waals surface area contributed by atoms with Crippen molar-refractivity contribution in [1.29, 1.82) is 0 Å². The summed E-state index contributed by atoms with van der Waals surface area (Å²) < 4.78 is 5.18. The van der Waals surface area contributed by atoms with Crippen LogP contribution >= 0.6 is 0 Å². The second kappa shape index (κ2) is 4.63. The molecule has 1 aliphatic rings. The fourth-order valence-electron chi connectivity index (χ4n) is 2.03. The lowest BCUT2D eigenvalue weighted by atomic mass is 10.0. The van der Waals surface area contributed by atoms with Crippen molar-refractivity contribution in [3.8, 4) is 0 Å². The molecule has 1 saturated carbocycles. The summed E-state index contributed by atoms with van der Waals surface area (Å²) >= 11 is 0. The molecule has 2 nitrogen and oxygen atoms in total. The Morgan fingerprint density at radius 2 is 2.07 bits per heavy atom. The summed E-state index contributed by atoms with van der Waals surface area (Å²) in [5, 5.41) is 3.57. The van der Waals surface area contributed by atoms with E-state index in [1.54, 1.807) is 7.11 Å². The van der Waals surface area contributed by atoms with E-state index in [1.165, 1.54) is 13.0 Å². The maximum atomic E-state index is 5.18. The van der Waals surface area contributed by atoms with Crippen LogP contribution in [0.1, 0.15) is 34.1 Å². The van der Waals surface area contributed by atoms with Crippen LogP contribution in [0.25, 0.3) is 0 Å². The molecule has 3 atom stereocenters. The van der Waals surface area contributed by atoms with Crippen molar-refractivity contribution in [1.82, 2.24) is 5.32 Å². The predicted octanol–water partition coefficient (Wildman–Crippen LogP) is 2.29. The molecule has 1 rings (SSSR count). The highest BCUT2D eigenvalue weighted by Crippen LogP contribution is 2.43. The van der Waals surface area contributed by atoms with Crippen molar-refractivity contribution in [2.75, 3.05) is 20.3 Å². The fourth-order valence-corrected chi connectivity index (χ4v) is 2.03. The van der Waals surface area contributed by atoms with Gasteiger partial charge in [-0.05, 0) is 51.5 Å². The van der Waals surface area contributed by atoms with E-state index in [0.29, 0.717) is 0 Å². The number of nitrogens with one attached hydrogen (secondary N) is 1. The van der Waals surface area contributed by atoms with E-state index >= 15 is 0 Å². The van der Waals surface area contributed by atoms with Crippen LogP contribution in [0.4, 0.5) is 0 Å². The number of hydrogen-bond donors (Lipinski definition) is 1. The normalized spacial score (nSPS) is 28.9. The van der Waals surface area contributed by atoms with E-state index in [1.807, 2.05) is 0 Å². The van der Waals surface area contributed by atoms with Crippen molar-refractivity contribution in [2.24, 2.45) is 17.8 Å². The maximum Gasteiger partial charge on any atom is 0.0490 e. The van der Waals surface area contributed by atoms with Gasteiger partial charge in [-0.2, -0.15) is 0 Å². The van der Waals surface area contributed by atoms with Crippen LogP contribution < -0.4 is 5.32 Å². The molecule has 2 heteroatoms. The Bertz CT molecular complexity index is 174. The third kappa shape index (κ3) is 3.97. The highest BCUT2D eigenvalue weighted by atomic mass is 16.5. The number of hydrogen-bond acceptors (Lipinski definition) is 2. The molecular formula is C12H25NO. The van der Waals surface area contributed by atoms with Crippen molar-refractivity contribution in [3.05, 3.63) is 0 Å². The average Bonchev–Trinajstić information content (AvgIpc) is 2.78. The lowest BCUT2D eigenvalue weighted by Gasteiger charge is -2.20. The Morgan fingerprint density at radius 3 is 2.57 bits per heavy atom. The van der Waals surface area contributed by atoms with Crippen LogP contribution in [0.15, 0.2) is 0 Å². The SMILES string of the molecule is COCC(C)C1CC1CNC(C)(C)C. The van der Waals surface area contributed by atoms with Crippen LogP contribution in [-0.4, -0.2) is 25.8 Å². The molecule has 3 unspecified atom stereocenters. The van der Waals surface area contributed by atoms with E-state index in [2.05, 4.69) is 33.0 Å². The highest BCUT2D eigenvalue weighted by molar-refractivity contribution is 4.92. The van der Waals surface area contributed by atoms with Gasteiger partial charge in [0.2, 0.25) is 0 Å². The number of rotatable bonds is 5. The summed E-state index contributed by atoms with van der Waals surface area (Å²) in [5.41, 5.74) is 0.262. The smallest absolute Gasteiger partial charge is 0.0490 e. The molecule has 84 valence electrons. The van der Waals surface area contributed by atoms with Gasteiger partial charge in [0.15, 0.2) is 0 Å². The van der Waals surface area contributed by atoms with Crippen LogP contribution in [0, 0.1) is 17.8 Å². The van der Waals surface area contributed by atoms with Crippen molar-refractivity contribution in [2.45, 2.75) is 39.7 Å². The lowest BCUT2D eigenvalue weighted by molar-refractivity contribution is 0.147. The van der Waals surface area contributed by atoms with Gasteiger partial charge < -0.3 is 10.1 Å². The van der Waals surface area contributed by atoms with Gasteiger partial charge >= 0.3 is 0 Å². The first-order chi connectivity index (χ1) is 6.44. The zero-order valence-electron chi connectivity index (χ0n) is 10.3. The molecule has 0 saturated heterocycles. The minimum atomic E-state index is 0.262. The molecule has 1 fully saturated rings. The monoisotopic (exact) mass is 199 g/mol. The third-order valence-electron chi connectivity index (χ3n) is 3.03. The molecule has 1 aliphatic carbocycles. The molecule has 0 aliphatic heterocycles. The van der Waals surface area contributed by atoms with Crippen LogP contribution in [0.2, 0.25) is 0 Å². The van der Waals surface area contributed by atoms with E-state index in [-0.39, 0.29) is 5.54 Å². The van der Waals surface area contributed by atoms with E-state index in [4.69, 9.17) is 4.74 Å². The minimum absolute atomic E-state index is 0.262. The predicted molar refractivity (Wildman–Crippen MR) is 60.4 cm³/mol. The molecule has 0 radical (unpaired) electrons. The van der Waals surface area contributed by atoms with E-state index < -0.39 is 0 Å². The van der Waals surface area contributed by atoms with E-state index in [9.17, 15) is 0 Å². The first kappa shape index (κ1) is 12.0. The topological polar surface area (TPSA) is 21.3 Å². The largest absolute Gasteiger partial charge is 0.384 e. The molecule has 0 amide bonds. The molecule has 0 aromatic heterocycles. The van der Waals surface area contributed by atoms with Gasteiger partial charge in [0.25, 0.3) is 0 Å². The van der Waals surface area contributed by atoms with Gasteiger partial charge in [-0.15, -0.1) is 0 Å². The highest BCUT2D eigenvalue weighted by Gasteiger charge is 2.40. The van der Waals surface area contributed by atoms with Crippen molar-refractivity contribution in [3.63, 3.8) is 0 Å². The van der Waals surface area contributed by atoms with Gasteiger partial charge in [-0.1, -0.05) is 6.92 Å². The Labute approximate surface area is 88.4 Å². The second-order valence-corrected chi connectivity index (χ2v) is 5.72. The van der Waals surface area contributed by atoms with Gasteiger partial charge in [0, 0.05) is 19.3 Å². The molecule has 0 spiro atoms. The molecule has 0 heterocycles. The van der Waals surface area contributed by atoms with Crippen LogP contribution in [-0.2, 0) is 4.74 Å². The molecule has 0 aromatic carbocycles. The molecule has 14 heavy (non-hydrogen) atoms. The number of ether oxygens (including phenoxy) is 1. The van der Waals surface area contributed by atoms with Gasteiger partial charge in [-0.3, -0.25) is 0 Å². The maximum absolute atomic E-state index is 5.18. The Morgan fingerprint density at radius 1 is 1.43 bits per heavy atom. The summed E-state index contributed by atoms with van der Waals surface area (Å²) in [6.07, 6.45) is 1.38. The summed E-state index contributed by atoms with van der Waals surface area (Å²) in [5.74, 6) is 2.51. The number of methoxy groups -OCH3 is 1. The summed E-state index contributed by atoms with van der Waals surface area (Å²) in [7, 11) is 1.79. The van der Waals surface area contributed by atoms with Crippen molar-refractivity contribution < 1.29 is 4.74 Å². The standard InChI is InChI=1S/C12H25NO/c1-9(8-14-5)11-6-10(11)7-13-12(2,3)4/h9-11,13H,6-8H2,1-5H3. The fraction of sp³-hybridized carbons (Fsp3) is 1.00. The molecule has 1 N–H and O–H groups in total. The first-order valence-corrected chi connectivity index (χ1v) is 5.68. The molecule has 0 bridgehead atoms. The quantitative estimate of drug-likeness (QED) is 0.733. The zero-order valence-corrected chi connectivity index (χ0v) is 10.3. The first-order valence-electron chi connectivity index (χ1n) is 5.68. The zero-order chi connectivity index (χ0) is 10.8.